The molecular weight excluding hydrogens is 958 g/mol. The Labute approximate surface area is 462 Å². The Morgan fingerprint density at radius 2 is 0.734 bits per heavy atom. The van der Waals surface area contributed by atoms with Gasteiger partial charge in [0.25, 0.3) is 6.71 Å². The highest BCUT2D eigenvalue weighted by Gasteiger charge is 2.44. The summed E-state index contributed by atoms with van der Waals surface area (Å²) in [5.41, 5.74) is 24.7. The van der Waals surface area contributed by atoms with Gasteiger partial charge in [0, 0.05) is 39.0 Å². The first kappa shape index (κ1) is 46.4. The second kappa shape index (κ2) is 18.7. The number of anilines is 3. The first-order valence-electron chi connectivity index (χ1n) is 27.3. The van der Waals surface area contributed by atoms with E-state index in [0.717, 1.165) is 118 Å². The van der Waals surface area contributed by atoms with Crippen LogP contribution in [0.15, 0.2) is 279 Å². The van der Waals surface area contributed by atoms with Crippen LogP contribution in [0.5, 0.6) is 23.0 Å². The van der Waals surface area contributed by atoms with Crippen LogP contribution in [0.2, 0.25) is 0 Å². The fourth-order valence-corrected chi connectivity index (χ4v) is 12.7. The summed E-state index contributed by atoms with van der Waals surface area (Å²) in [6.45, 7) is 4.41. The molecule has 0 unspecified atom stereocenters. The van der Waals surface area contributed by atoms with Crippen LogP contribution in [-0.2, 0) is 5.41 Å². The Kier molecular flexibility index (Phi) is 11.0. The molecule has 12 aromatic carbocycles. The Morgan fingerprint density at radius 3 is 1.34 bits per heavy atom. The summed E-state index contributed by atoms with van der Waals surface area (Å²) in [6, 6.07) is 102. The van der Waals surface area contributed by atoms with E-state index in [1.165, 1.54) is 27.7 Å². The smallest absolute Gasteiger partial charge is 0.256 e. The SMILES string of the molecule is CC1(C)c2ccccc2Oc2cc(-c3cc4c5c(c3)N(c3c(-c6cccc(-c7ccccc7)c6)cccc3-c3cccc(-c6ccccc6)c3)c3ccc(-c6ccccc6)cc3B5c3cc(-c5ccccc5)ccc3O4)ccc21. The Morgan fingerprint density at radius 1 is 0.291 bits per heavy atom. The quantitative estimate of drug-likeness (QED) is 0.142. The number of benzene rings is 12. The van der Waals surface area contributed by atoms with Crippen molar-refractivity contribution in [1.82, 2.24) is 0 Å². The van der Waals surface area contributed by atoms with E-state index in [9.17, 15) is 0 Å². The lowest BCUT2D eigenvalue weighted by molar-refractivity contribution is 0.418. The molecule has 0 saturated carbocycles. The topological polar surface area (TPSA) is 21.7 Å². The molecule has 79 heavy (non-hydrogen) atoms. The molecule has 15 rings (SSSR count). The van der Waals surface area contributed by atoms with Crippen LogP contribution >= 0.6 is 0 Å². The van der Waals surface area contributed by atoms with Crippen molar-refractivity contribution in [3.8, 4) is 101 Å². The van der Waals surface area contributed by atoms with Gasteiger partial charge in [0.2, 0.25) is 0 Å². The molecule has 0 fully saturated rings. The van der Waals surface area contributed by atoms with Gasteiger partial charge in [-0.15, -0.1) is 0 Å². The fraction of sp³-hybridized carbons (Fsp3) is 0.0400. The van der Waals surface area contributed by atoms with Crippen molar-refractivity contribution < 1.29 is 9.47 Å². The molecule has 4 heteroatoms. The molecule has 3 aliphatic heterocycles. The first-order valence-corrected chi connectivity index (χ1v) is 27.3. The third-order valence-corrected chi connectivity index (χ3v) is 16.6. The second-order valence-corrected chi connectivity index (χ2v) is 21.6. The molecule has 0 saturated heterocycles. The maximum absolute atomic E-state index is 7.38. The molecule has 0 atom stereocenters. The highest BCUT2D eigenvalue weighted by atomic mass is 16.5. The average molecular weight is 1010 g/mol. The van der Waals surface area contributed by atoms with Crippen molar-refractivity contribution in [1.29, 1.82) is 0 Å². The van der Waals surface area contributed by atoms with Gasteiger partial charge in [-0.3, -0.25) is 0 Å². The summed E-state index contributed by atoms with van der Waals surface area (Å²) >= 11 is 0. The van der Waals surface area contributed by atoms with Crippen LogP contribution in [-0.4, -0.2) is 6.71 Å². The van der Waals surface area contributed by atoms with E-state index in [1.807, 2.05) is 0 Å². The first-order chi connectivity index (χ1) is 38.9. The van der Waals surface area contributed by atoms with Gasteiger partial charge in [-0.05, 0) is 132 Å². The molecule has 3 heterocycles. The summed E-state index contributed by atoms with van der Waals surface area (Å²) in [4.78, 5) is 2.57. The minimum absolute atomic E-state index is 0.177. The number of hydrogen-bond donors (Lipinski definition) is 0. The Hall–Kier alpha value is -9.90. The molecule has 3 nitrogen and oxygen atoms in total. The molecule has 0 N–H and O–H groups in total. The van der Waals surface area contributed by atoms with Crippen LogP contribution in [0, 0.1) is 0 Å². The van der Waals surface area contributed by atoms with Gasteiger partial charge in [0.15, 0.2) is 0 Å². The van der Waals surface area contributed by atoms with Gasteiger partial charge in [-0.25, -0.2) is 0 Å². The highest BCUT2D eigenvalue weighted by Crippen LogP contribution is 2.53. The largest absolute Gasteiger partial charge is 0.458 e. The van der Waals surface area contributed by atoms with E-state index in [-0.39, 0.29) is 12.1 Å². The number of hydrogen-bond acceptors (Lipinski definition) is 3. The molecule has 12 aromatic rings. The summed E-state index contributed by atoms with van der Waals surface area (Å²) in [7, 11) is 0. The zero-order valence-corrected chi connectivity index (χ0v) is 43.9. The van der Waals surface area contributed by atoms with Crippen molar-refractivity contribution in [2.45, 2.75) is 19.3 Å². The van der Waals surface area contributed by atoms with Crippen molar-refractivity contribution in [3.05, 3.63) is 290 Å². The fourth-order valence-electron chi connectivity index (χ4n) is 12.7. The van der Waals surface area contributed by atoms with E-state index in [4.69, 9.17) is 9.47 Å². The monoisotopic (exact) mass is 1010 g/mol. The molecule has 372 valence electrons. The standard InChI is InChI=1S/C75H52BNO2/c1-75(2)63-34-15-16-35-69(63)78-71-47-57(36-39-64(71)75)60-46-68-73-72(48-60)79-70-41-38-56(52-26-13-6-14-27-52)45-66(70)76(73)65-44-55(51-24-11-5-12-25-51)37-40-67(65)77(68)74-61(58-30-17-28-53(42-58)49-20-7-3-8-21-49)32-19-33-62(74)59-31-18-29-54(43-59)50-22-9-4-10-23-50/h3-48H,1-2H3. The highest BCUT2D eigenvalue weighted by molar-refractivity contribution is 6.99. The average Bonchev–Trinajstić information content (AvgIpc) is 3.30. The third-order valence-electron chi connectivity index (χ3n) is 16.6. The summed E-state index contributed by atoms with van der Waals surface area (Å²) in [6.07, 6.45) is 0. The molecule has 0 amide bonds. The predicted molar refractivity (Wildman–Crippen MR) is 329 cm³/mol. The van der Waals surface area contributed by atoms with Crippen LogP contribution in [0.25, 0.3) is 77.9 Å². The lowest BCUT2D eigenvalue weighted by Crippen LogP contribution is -2.59. The van der Waals surface area contributed by atoms with Gasteiger partial charge in [0.1, 0.15) is 23.0 Å². The number of ether oxygens (including phenoxy) is 2. The lowest BCUT2D eigenvalue weighted by atomic mass is 9.34. The minimum Gasteiger partial charge on any atom is -0.458 e. The number of para-hydroxylation sites is 2. The summed E-state index contributed by atoms with van der Waals surface area (Å²) in [5.74, 6) is 3.45. The van der Waals surface area contributed by atoms with Crippen molar-refractivity contribution in [2.75, 3.05) is 4.90 Å². The molecule has 0 aromatic heterocycles. The van der Waals surface area contributed by atoms with Gasteiger partial charge >= 0.3 is 0 Å². The van der Waals surface area contributed by atoms with Gasteiger partial charge in [-0.1, -0.05) is 244 Å². The maximum atomic E-state index is 7.38. The van der Waals surface area contributed by atoms with Gasteiger partial charge in [0.05, 0.1) is 5.69 Å². The normalized spacial score (nSPS) is 13.2. The van der Waals surface area contributed by atoms with Crippen molar-refractivity contribution in [3.63, 3.8) is 0 Å². The maximum Gasteiger partial charge on any atom is 0.256 e. The Balaban J connectivity index is 1.03. The molecule has 0 spiro atoms. The van der Waals surface area contributed by atoms with Crippen molar-refractivity contribution >= 4 is 40.2 Å². The van der Waals surface area contributed by atoms with E-state index >= 15 is 0 Å². The summed E-state index contributed by atoms with van der Waals surface area (Å²) < 4.78 is 14.2. The van der Waals surface area contributed by atoms with Gasteiger partial charge in [-0.2, -0.15) is 0 Å². The van der Waals surface area contributed by atoms with Crippen molar-refractivity contribution in [2.24, 2.45) is 0 Å². The molecular formula is C75H52BNO2. The van der Waals surface area contributed by atoms with E-state index in [1.54, 1.807) is 0 Å². The number of fused-ring (bicyclic) bond motifs is 6. The van der Waals surface area contributed by atoms with E-state index in [2.05, 4.69) is 298 Å². The molecule has 0 aliphatic carbocycles. The van der Waals surface area contributed by atoms with Gasteiger partial charge < -0.3 is 14.4 Å². The minimum atomic E-state index is -0.252. The van der Waals surface area contributed by atoms with Crippen LogP contribution < -0.4 is 30.8 Å². The third kappa shape index (κ3) is 7.90. The van der Waals surface area contributed by atoms with E-state index in [0.29, 0.717) is 0 Å². The molecule has 0 radical (unpaired) electrons. The van der Waals surface area contributed by atoms with Crippen LogP contribution in [0.4, 0.5) is 17.1 Å². The Bertz CT molecular complexity index is 4240. The molecule has 3 aliphatic rings. The molecule has 0 bridgehead atoms. The number of rotatable bonds is 8. The lowest BCUT2D eigenvalue weighted by Gasteiger charge is -2.42. The zero-order chi connectivity index (χ0) is 52.6. The number of nitrogens with zero attached hydrogens (tertiary/aromatic N) is 1. The van der Waals surface area contributed by atoms with Crippen LogP contribution in [0.1, 0.15) is 25.0 Å². The van der Waals surface area contributed by atoms with E-state index < -0.39 is 0 Å². The summed E-state index contributed by atoms with van der Waals surface area (Å²) in [5, 5.41) is 0. The second-order valence-electron chi connectivity index (χ2n) is 21.6. The predicted octanol–water partition coefficient (Wildman–Crippen LogP) is 18.2. The zero-order valence-electron chi connectivity index (χ0n) is 43.9. The van der Waals surface area contributed by atoms with Crippen LogP contribution in [0.3, 0.4) is 0 Å².